The Bertz CT molecular complexity index is 360. The molecule has 0 radical (unpaired) electrons. The number of nitrogens with zero attached hydrogens (tertiary/aromatic N) is 1. The number of halogens is 1. The largest absolute Gasteiger partial charge is 0.298 e. The maximum absolute atomic E-state index is 11.7. The van der Waals surface area contributed by atoms with E-state index in [1.807, 2.05) is 32.9 Å². The van der Waals surface area contributed by atoms with Gasteiger partial charge in [-0.25, -0.2) is 4.98 Å². The third-order valence-electron chi connectivity index (χ3n) is 1.90. The molecule has 1 rings (SSSR count). The predicted molar refractivity (Wildman–Crippen MR) is 67.1 cm³/mol. The van der Waals surface area contributed by atoms with E-state index in [9.17, 15) is 4.79 Å². The number of carbonyl (C=O) groups excluding carboxylic acids is 1. The number of hydrogen-bond acceptors (Lipinski definition) is 3. The molecule has 15 heavy (non-hydrogen) atoms. The molecule has 82 valence electrons. The second-order valence-corrected chi connectivity index (χ2v) is 6.07. The van der Waals surface area contributed by atoms with E-state index >= 15 is 0 Å². The molecule has 0 bridgehead atoms. The lowest BCUT2D eigenvalue weighted by molar-refractivity contribution is -0.123. The molecule has 0 atom stereocenters. The van der Waals surface area contributed by atoms with Crippen LogP contribution >= 0.6 is 27.7 Å². The Morgan fingerprint density at radius 3 is 2.73 bits per heavy atom. The van der Waals surface area contributed by atoms with Crippen LogP contribution in [0.25, 0.3) is 0 Å². The average Bonchev–Trinajstić information content (AvgIpc) is 2.14. The molecule has 0 fully saturated rings. The van der Waals surface area contributed by atoms with Crippen molar-refractivity contribution in [1.29, 1.82) is 0 Å². The van der Waals surface area contributed by atoms with Crippen LogP contribution < -0.4 is 0 Å². The first-order chi connectivity index (χ1) is 6.91. The van der Waals surface area contributed by atoms with Crippen LogP contribution in [0.4, 0.5) is 0 Å². The van der Waals surface area contributed by atoms with Crippen LogP contribution in [-0.4, -0.2) is 16.5 Å². The lowest BCUT2D eigenvalue weighted by Crippen LogP contribution is -2.22. The summed E-state index contributed by atoms with van der Waals surface area (Å²) in [7, 11) is 0. The van der Waals surface area contributed by atoms with Gasteiger partial charge in [-0.05, 0) is 28.1 Å². The molecule has 0 aliphatic rings. The molecule has 0 aliphatic heterocycles. The number of rotatable bonds is 3. The molecule has 4 heteroatoms. The van der Waals surface area contributed by atoms with Gasteiger partial charge in [0.1, 0.15) is 10.8 Å². The minimum absolute atomic E-state index is 0.241. The van der Waals surface area contributed by atoms with Gasteiger partial charge >= 0.3 is 0 Å². The number of carbonyl (C=O) groups is 1. The van der Waals surface area contributed by atoms with Crippen molar-refractivity contribution in [2.75, 3.05) is 5.75 Å². The molecule has 1 heterocycles. The van der Waals surface area contributed by atoms with Gasteiger partial charge in [0.2, 0.25) is 0 Å². The molecule has 2 nitrogen and oxygen atoms in total. The summed E-state index contributed by atoms with van der Waals surface area (Å²) < 4.78 is 0.941. The van der Waals surface area contributed by atoms with E-state index in [2.05, 4.69) is 20.9 Å². The molecule has 0 unspecified atom stereocenters. The third kappa shape index (κ3) is 3.95. The monoisotopic (exact) mass is 287 g/mol. The maximum atomic E-state index is 11.7. The summed E-state index contributed by atoms with van der Waals surface area (Å²) in [4.78, 5) is 15.9. The highest BCUT2D eigenvalue weighted by molar-refractivity contribution is 9.10. The van der Waals surface area contributed by atoms with E-state index in [4.69, 9.17) is 0 Å². The molecular formula is C11H14BrNOS. The van der Waals surface area contributed by atoms with Crippen molar-refractivity contribution in [2.45, 2.75) is 25.8 Å². The summed E-state index contributed by atoms with van der Waals surface area (Å²) in [6, 6.07) is 3.79. The van der Waals surface area contributed by atoms with Crippen LogP contribution in [-0.2, 0) is 4.79 Å². The van der Waals surface area contributed by atoms with Crippen molar-refractivity contribution in [1.82, 2.24) is 4.98 Å². The summed E-state index contributed by atoms with van der Waals surface area (Å²) in [5.74, 6) is 0.712. The standard InChI is InChI=1S/C11H14BrNOS/c1-11(2,3)9(14)7-15-10-8(12)5-4-6-13-10/h4-6H,7H2,1-3H3. The minimum Gasteiger partial charge on any atom is -0.298 e. The fraction of sp³-hybridized carbons (Fsp3) is 0.455. The summed E-state index contributed by atoms with van der Waals surface area (Å²) in [6.07, 6.45) is 1.73. The number of ketones is 1. The fourth-order valence-corrected chi connectivity index (χ4v) is 2.47. The van der Waals surface area contributed by atoms with Crippen molar-refractivity contribution >= 4 is 33.5 Å². The zero-order chi connectivity index (χ0) is 11.5. The summed E-state index contributed by atoms with van der Waals surface area (Å²) >= 11 is 4.88. The Hall–Kier alpha value is -0.350. The molecule has 0 N–H and O–H groups in total. The van der Waals surface area contributed by atoms with Gasteiger partial charge in [-0.1, -0.05) is 32.5 Å². The van der Waals surface area contributed by atoms with Crippen LogP contribution in [0.5, 0.6) is 0 Å². The van der Waals surface area contributed by atoms with Gasteiger partial charge in [0.15, 0.2) is 0 Å². The molecule has 0 aromatic carbocycles. The minimum atomic E-state index is -0.270. The molecule has 1 aromatic heterocycles. The maximum Gasteiger partial charge on any atom is 0.148 e. The average molecular weight is 288 g/mol. The van der Waals surface area contributed by atoms with E-state index in [0.29, 0.717) is 5.75 Å². The Kier molecular flexibility index (Phi) is 4.34. The lowest BCUT2D eigenvalue weighted by Gasteiger charge is -2.15. The van der Waals surface area contributed by atoms with Gasteiger partial charge in [0.25, 0.3) is 0 Å². The Morgan fingerprint density at radius 2 is 2.20 bits per heavy atom. The van der Waals surface area contributed by atoms with Crippen LogP contribution in [0, 0.1) is 5.41 Å². The second-order valence-electron chi connectivity index (χ2n) is 4.25. The van der Waals surface area contributed by atoms with Gasteiger partial charge in [0, 0.05) is 16.1 Å². The number of thioether (sulfide) groups is 1. The molecule has 0 spiro atoms. The van der Waals surface area contributed by atoms with Crippen molar-refractivity contribution in [3.63, 3.8) is 0 Å². The second kappa shape index (κ2) is 5.12. The third-order valence-corrected chi connectivity index (χ3v) is 3.81. The Balaban J connectivity index is 2.59. The van der Waals surface area contributed by atoms with Gasteiger partial charge in [-0.3, -0.25) is 4.79 Å². The first kappa shape index (κ1) is 12.7. The number of aromatic nitrogens is 1. The normalized spacial score (nSPS) is 11.5. The van der Waals surface area contributed by atoms with Crippen LogP contribution in [0.15, 0.2) is 27.8 Å². The zero-order valence-corrected chi connectivity index (χ0v) is 11.5. The van der Waals surface area contributed by atoms with Crippen LogP contribution in [0.3, 0.4) is 0 Å². The van der Waals surface area contributed by atoms with Crippen molar-refractivity contribution < 1.29 is 4.79 Å². The first-order valence-corrected chi connectivity index (χ1v) is 6.46. The smallest absolute Gasteiger partial charge is 0.148 e. The molecule has 0 saturated heterocycles. The number of pyridine rings is 1. The van der Waals surface area contributed by atoms with E-state index in [-0.39, 0.29) is 11.2 Å². The van der Waals surface area contributed by atoms with Crippen molar-refractivity contribution in [2.24, 2.45) is 5.41 Å². The van der Waals surface area contributed by atoms with Gasteiger partial charge < -0.3 is 0 Å². The predicted octanol–water partition coefficient (Wildman–Crippen LogP) is 3.55. The zero-order valence-electron chi connectivity index (χ0n) is 9.08. The van der Waals surface area contributed by atoms with E-state index < -0.39 is 0 Å². The lowest BCUT2D eigenvalue weighted by atomic mass is 9.92. The summed E-state index contributed by atoms with van der Waals surface area (Å²) in [5.41, 5.74) is -0.270. The molecule has 0 saturated carbocycles. The van der Waals surface area contributed by atoms with Gasteiger partial charge in [-0.15, -0.1) is 0 Å². The molecule has 0 aliphatic carbocycles. The number of Topliss-reactive ketones (excluding diaryl/α,β-unsaturated/α-hetero) is 1. The fourth-order valence-electron chi connectivity index (χ4n) is 0.828. The van der Waals surface area contributed by atoms with Crippen molar-refractivity contribution in [3.05, 3.63) is 22.8 Å². The highest BCUT2D eigenvalue weighted by Crippen LogP contribution is 2.27. The Morgan fingerprint density at radius 1 is 1.53 bits per heavy atom. The van der Waals surface area contributed by atoms with Crippen molar-refractivity contribution in [3.8, 4) is 0 Å². The molecule has 0 amide bonds. The molecular weight excluding hydrogens is 274 g/mol. The van der Waals surface area contributed by atoms with Gasteiger partial charge in [0.05, 0.1) is 5.75 Å². The van der Waals surface area contributed by atoms with E-state index in [1.165, 1.54) is 11.8 Å². The SMILES string of the molecule is CC(C)(C)C(=O)CSc1ncccc1Br. The van der Waals surface area contributed by atoms with Gasteiger partial charge in [-0.2, -0.15) is 0 Å². The Labute approximate surface area is 103 Å². The van der Waals surface area contributed by atoms with E-state index in [1.54, 1.807) is 6.20 Å². The molecule has 1 aromatic rings. The quantitative estimate of drug-likeness (QED) is 0.797. The number of hydrogen-bond donors (Lipinski definition) is 0. The first-order valence-electron chi connectivity index (χ1n) is 4.68. The van der Waals surface area contributed by atoms with Crippen LogP contribution in [0.1, 0.15) is 20.8 Å². The summed E-state index contributed by atoms with van der Waals surface area (Å²) in [6.45, 7) is 5.80. The summed E-state index contributed by atoms with van der Waals surface area (Å²) in [5, 5.41) is 0.870. The highest BCUT2D eigenvalue weighted by atomic mass is 79.9. The highest BCUT2D eigenvalue weighted by Gasteiger charge is 2.21. The topological polar surface area (TPSA) is 30.0 Å². The van der Waals surface area contributed by atoms with Crippen LogP contribution in [0.2, 0.25) is 0 Å². The van der Waals surface area contributed by atoms with E-state index in [0.717, 1.165) is 9.50 Å².